The van der Waals surface area contributed by atoms with Crippen molar-refractivity contribution in [3.8, 4) is 0 Å². The van der Waals surface area contributed by atoms with Crippen molar-refractivity contribution < 1.29 is 22.7 Å². The first kappa shape index (κ1) is 16.5. The molecule has 1 unspecified atom stereocenters. The van der Waals surface area contributed by atoms with Crippen molar-refractivity contribution in [2.75, 3.05) is 11.0 Å². The van der Waals surface area contributed by atoms with Crippen molar-refractivity contribution in [1.29, 1.82) is 0 Å². The minimum Gasteiger partial charge on any atom is -0.454 e. The summed E-state index contributed by atoms with van der Waals surface area (Å²) < 4.78 is 29.7. The van der Waals surface area contributed by atoms with E-state index in [4.69, 9.17) is 4.74 Å². The van der Waals surface area contributed by atoms with Crippen LogP contribution in [0.3, 0.4) is 0 Å². The predicted molar refractivity (Wildman–Crippen MR) is 82.1 cm³/mol. The molecule has 7 heteroatoms. The van der Waals surface area contributed by atoms with E-state index in [0.29, 0.717) is 11.3 Å². The van der Waals surface area contributed by atoms with Crippen molar-refractivity contribution in [3.63, 3.8) is 0 Å². The van der Waals surface area contributed by atoms with Crippen LogP contribution in [0, 0.1) is 5.92 Å². The smallest absolute Gasteiger partial charge is 0.309 e. The molecular weight excluding hydrogens is 306 g/mol. The van der Waals surface area contributed by atoms with Gasteiger partial charge >= 0.3 is 5.97 Å². The molecule has 6 nitrogen and oxygen atoms in total. The van der Waals surface area contributed by atoms with E-state index in [1.54, 1.807) is 6.92 Å². The summed E-state index contributed by atoms with van der Waals surface area (Å²) in [7, 11) is -3.35. The summed E-state index contributed by atoms with van der Waals surface area (Å²) in [6.45, 7) is 1.54. The summed E-state index contributed by atoms with van der Waals surface area (Å²) in [6, 6.07) is 6.00. The number of esters is 1. The molecule has 1 aromatic carbocycles. The van der Waals surface area contributed by atoms with Gasteiger partial charge in [0.25, 0.3) is 0 Å². The molecule has 0 radical (unpaired) electrons. The van der Waals surface area contributed by atoms with Gasteiger partial charge in [-0.3, -0.25) is 14.3 Å². The number of nitrogens with one attached hydrogen (secondary N) is 1. The third-order valence-corrected chi connectivity index (χ3v) is 4.18. The minimum atomic E-state index is -3.35. The zero-order chi connectivity index (χ0) is 16.3. The summed E-state index contributed by atoms with van der Waals surface area (Å²) in [5.74, 6) is -0.697. The summed E-state index contributed by atoms with van der Waals surface area (Å²) in [5.41, 5.74) is 0.742. The summed E-state index contributed by atoms with van der Waals surface area (Å²) >= 11 is 0. The van der Waals surface area contributed by atoms with Gasteiger partial charge in [0.05, 0.1) is 12.2 Å². The molecule has 0 spiro atoms. The number of sulfonamides is 1. The Morgan fingerprint density at radius 1 is 1.23 bits per heavy atom. The lowest BCUT2D eigenvalue weighted by Crippen LogP contribution is -2.31. The van der Waals surface area contributed by atoms with Gasteiger partial charge < -0.3 is 4.74 Å². The van der Waals surface area contributed by atoms with E-state index in [2.05, 4.69) is 4.72 Å². The van der Waals surface area contributed by atoms with Crippen molar-refractivity contribution in [3.05, 3.63) is 29.8 Å². The Kier molecular flexibility index (Phi) is 4.85. The molecule has 1 N–H and O–H groups in total. The molecule has 1 atom stereocenters. The van der Waals surface area contributed by atoms with E-state index in [1.165, 1.54) is 24.3 Å². The fourth-order valence-corrected chi connectivity index (χ4v) is 2.68. The van der Waals surface area contributed by atoms with Gasteiger partial charge in [-0.2, -0.15) is 0 Å². The molecule has 1 fully saturated rings. The fraction of sp³-hybridized carbons (Fsp3) is 0.467. The highest BCUT2D eigenvalue weighted by Gasteiger charge is 2.29. The van der Waals surface area contributed by atoms with Crippen LogP contribution in [0.4, 0.5) is 5.69 Å². The van der Waals surface area contributed by atoms with Crippen molar-refractivity contribution in [1.82, 2.24) is 0 Å². The molecule has 0 aromatic heterocycles. The number of carbonyl (C=O) groups excluding carboxylic acids is 2. The molecule has 2 rings (SSSR count). The average Bonchev–Trinajstić information content (AvgIpc) is 2.34. The lowest BCUT2D eigenvalue weighted by molar-refractivity contribution is -0.154. The SMILES string of the molecule is CC(OC(=O)C1CCC1)C(=O)c1ccc(NS(C)(=O)=O)cc1. The number of ketones is 1. The van der Waals surface area contributed by atoms with Gasteiger partial charge in [0.1, 0.15) is 0 Å². The minimum absolute atomic E-state index is 0.0726. The summed E-state index contributed by atoms with van der Waals surface area (Å²) in [4.78, 5) is 23.9. The van der Waals surface area contributed by atoms with Gasteiger partial charge in [-0.1, -0.05) is 6.42 Å². The zero-order valence-corrected chi connectivity index (χ0v) is 13.4. The Morgan fingerprint density at radius 2 is 1.82 bits per heavy atom. The Morgan fingerprint density at radius 3 is 2.27 bits per heavy atom. The van der Waals surface area contributed by atoms with E-state index in [1.807, 2.05) is 0 Å². The zero-order valence-electron chi connectivity index (χ0n) is 12.5. The molecule has 22 heavy (non-hydrogen) atoms. The highest BCUT2D eigenvalue weighted by atomic mass is 32.2. The fourth-order valence-electron chi connectivity index (χ4n) is 2.12. The Hall–Kier alpha value is -1.89. The first-order valence-electron chi connectivity index (χ1n) is 7.09. The second-order valence-corrected chi connectivity index (χ2v) is 7.27. The monoisotopic (exact) mass is 325 g/mol. The van der Waals surface area contributed by atoms with Crippen LogP contribution in [-0.2, 0) is 19.6 Å². The molecule has 1 aromatic rings. The Labute approximate surface area is 129 Å². The molecule has 0 amide bonds. The highest BCUT2D eigenvalue weighted by molar-refractivity contribution is 7.92. The number of rotatable bonds is 6. The van der Waals surface area contributed by atoms with Gasteiger partial charge in [-0.25, -0.2) is 8.42 Å². The number of ether oxygens (including phenoxy) is 1. The topological polar surface area (TPSA) is 89.5 Å². The van der Waals surface area contributed by atoms with Crippen molar-refractivity contribution in [2.45, 2.75) is 32.3 Å². The first-order chi connectivity index (χ1) is 10.3. The van der Waals surface area contributed by atoms with Gasteiger partial charge in [0.15, 0.2) is 6.10 Å². The maximum atomic E-state index is 12.2. The molecule has 1 aliphatic rings. The highest BCUT2D eigenvalue weighted by Crippen LogP contribution is 2.28. The van der Waals surface area contributed by atoms with Gasteiger partial charge in [-0.05, 0) is 44.0 Å². The molecule has 0 bridgehead atoms. The number of Topliss-reactive ketones (excluding diaryl/α,β-unsaturated/α-hetero) is 1. The third-order valence-electron chi connectivity index (χ3n) is 3.57. The molecule has 0 heterocycles. The molecular formula is C15H19NO5S. The average molecular weight is 325 g/mol. The standard InChI is InChI=1S/C15H19NO5S/c1-10(21-15(18)12-4-3-5-12)14(17)11-6-8-13(9-7-11)16-22(2,19)20/h6-10,12,16H,3-5H2,1-2H3. The molecule has 0 aliphatic heterocycles. The largest absolute Gasteiger partial charge is 0.454 e. The lowest BCUT2D eigenvalue weighted by Gasteiger charge is -2.24. The van der Waals surface area contributed by atoms with Crippen molar-refractivity contribution >= 4 is 27.5 Å². The number of benzene rings is 1. The Balaban J connectivity index is 1.97. The maximum absolute atomic E-state index is 12.2. The summed E-state index contributed by atoms with van der Waals surface area (Å²) in [5, 5.41) is 0. The van der Waals surface area contributed by atoms with Gasteiger partial charge in [0, 0.05) is 11.3 Å². The van der Waals surface area contributed by atoms with Gasteiger partial charge in [0.2, 0.25) is 15.8 Å². The normalized spacial score (nSPS) is 16.5. The van der Waals surface area contributed by atoms with Crippen molar-refractivity contribution in [2.24, 2.45) is 5.92 Å². The number of anilines is 1. The molecule has 1 saturated carbocycles. The third kappa shape index (κ3) is 4.30. The van der Waals surface area contributed by atoms with E-state index in [0.717, 1.165) is 25.5 Å². The van der Waals surface area contributed by atoms with Crippen LogP contribution >= 0.6 is 0 Å². The Bertz CT molecular complexity index is 662. The van der Waals surface area contributed by atoms with E-state index in [-0.39, 0.29) is 17.7 Å². The molecule has 0 saturated heterocycles. The van der Waals surface area contributed by atoms with Gasteiger partial charge in [-0.15, -0.1) is 0 Å². The predicted octanol–water partition coefficient (Wildman–Crippen LogP) is 1.97. The first-order valence-corrected chi connectivity index (χ1v) is 8.98. The van der Waals surface area contributed by atoms with E-state index >= 15 is 0 Å². The van der Waals surface area contributed by atoms with Crippen LogP contribution in [-0.4, -0.2) is 32.5 Å². The summed E-state index contributed by atoms with van der Waals surface area (Å²) in [6.07, 6.45) is 2.88. The second kappa shape index (κ2) is 6.48. The second-order valence-electron chi connectivity index (χ2n) is 5.52. The lowest BCUT2D eigenvalue weighted by atomic mass is 9.85. The number of hydrogen-bond acceptors (Lipinski definition) is 5. The van der Waals surface area contributed by atoms with Crippen LogP contribution in [0.1, 0.15) is 36.5 Å². The number of hydrogen-bond donors (Lipinski definition) is 1. The van der Waals surface area contributed by atoms with Crippen LogP contribution in [0.15, 0.2) is 24.3 Å². The number of carbonyl (C=O) groups is 2. The van der Waals surface area contributed by atoms with E-state index < -0.39 is 16.1 Å². The quantitative estimate of drug-likeness (QED) is 0.638. The van der Waals surface area contributed by atoms with Crippen LogP contribution in [0.5, 0.6) is 0 Å². The molecule has 120 valence electrons. The van der Waals surface area contributed by atoms with Crippen LogP contribution in [0.2, 0.25) is 0 Å². The van der Waals surface area contributed by atoms with Crippen LogP contribution < -0.4 is 4.72 Å². The maximum Gasteiger partial charge on any atom is 0.309 e. The van der Waals surface area contributed by atoms with Crippen LogP contribution in [0.25, 0.3) is 0 Å². The molecule has 1 aliphatic carbocycles. The van der Waals surface area contributed by atoms with E-state index in [9.17, 15) is 18.0 Å².